The second-order valence-electron chi connectivity index (χ2n) is 4.06. The first-order valence-electron chi connectivity index (χ1n) is 6.34. The van der Waals surface area contributed by atoms with Gasteiger partial charge >= 0.3 is 18.1 Å². The molecule has 0 rings (SSSR count). The van der Waals surface area contributed by atoms with Gasteiger partial charge in [-0.05, 0) is 19.8 Å². The molecule has 0 aromatic heterocycles. The molecule has 4 nitrogen and oxygen atoms in total. The van der Waals surface area contributed by atoms with Crippen molar-refractivity contribution < 1.29 is 32.2 Å². The quantitative estimate of drug-likeness (QED) is 0.392. The highest BCUT2D eigenvalue weighted by Crippen LogP contribution is 2.22. The number of ether oxygens (including phenoxy) is 2. The van der Waals surface area contributed by atoms with E-state index in [9.17, 15) is 22.8 Å². The number of rotatable bonds is 8. The lowest BCUT2D eigenvalue weighted by atomic mass is 10.3. The zero-order chi connectivity index (χ0) is 15.6. The van der Waals surface area contributed by atoms with E-state index < -0.39 is 30.6 Å². The third-order valence-corrected chi connectivity index (χ3v) is 2.25. The van der Waals surface area contributed by atoms with E-state index in [1.54, 1.807) is 0 Å². The topological polar surface area (TPSA) is 52.6 Å². The summed E-state index contributed by atoms with van der Waals surface area (Å²) < 4.78 is 45.2. The van der Waals surface area contributed by atoms with Crippen molar-refractivity contribution in [1.29, 1.82) is 0 Å². The number of alkyl halides is 3. The van der Waals surface area contributed by atoms with Crippen LogP contribution < -0.4 is 0 Å². The van der Waals surface area contributed by atoms with E-state index >= 15 is 0 Å². The second kappa shape index (κ2) is 9.39. The largest absolute Gasteiger partial charge is 0.465 e. The van der Waals surface area contributed by atoms with Gasteiger partial charge in [-0.3, -0.25) is 9.59 Å². The van der Waals surface area contributed by atoms with Crippen LogP contribution >= 0.6 is 0 Å². The summed E-state index contributed by atoms with van der Waals surface area (Å²) in [5, 5.41) is 0. The summed E-state index contributed by atoms with van der Waals surface area (Å²) in [6, 6.07) is 0. The molecule has 0 aromatic rings. The summed E-state index contributed by atoms with van der Waals surface area (Å²) in [6.07, 6.45) is -2.26. The van der Waals surface area contributed by atoms with Crippen LogP contribution in [0.5, 0.6) is 0 Å². The van der Waals surface area contributed by atoms with Gasteiger partial charge in [-0.1, -0.05) is 19.1 Å². The lowest BCUT2D eigenvalue weighted by Gasteiger charge is -2.15. The monoisotopic (exact) mass is 296 g/mol. The van der Waals surface area contributed by atoms with Crippen molar-refractivity contribution in [3.63, 3.8) is 0 Å². The van der Waals surface area contributed by atoms with Gasteiger partial charge in [0.25, 0.3) is 0 Å². The average Bonchev–Trinajstić information content (AvgIpc) is 2.35. The molecule has 1 unspecified atom stereocenters. The minimum absolute atomic E-state index is 0.184. The molecule has 0 saturated heterocycles. The number of allylic oxidation sites excluding steroid dienone is 1. The van der Waals surface area contributed by atoms with E-state index in [0.29, 0.717) is 6.42 Å². The molecule has 0 aromatic carbocycles. The van der Waals surface area contributed by atoms with Crippen molar-refractivity contribution in [2.24, 2.45) is 0 Å². The van der Waals surface area contributed by atoms with Gasteiger partial charge in [-0.25, -0.2) is 0 Å². The molecule has 1 atom stereocenters. The van der Waals surface area contributed by atoms with Crippen LogP contribution in [0.1, 0.15) is 39.5 Å². The molecule has 0 spiro atoms. The van der Waals surface area contributed by atoms with Crippen LogP contribution in [-0.2, 0) is 19.1 Å². The van der Waals surface area contributed by atoms with Crippen LogP contribution in [0.2, 0.25) is 0 Å². The minimum Gasteiger partial charge on any atom is -0.465 e. The number of hydrogen-bond donors (Lipinski definition) is 0. The maximum Gasteiger partial charge on any atom is 0.425 e. The molecule has 0 amide bonds. The summed E-state index contributed by atoms with van der Waals surface area (Å²) in [6.45, 7) is 2.88. The first-order chi connectivity index (χ1) is 9.27. The van der Waals surface area contributed by atoms with Crippen molar-refractivity contribution in [2.75, 3.05) is 6.61 Å². The van der Waals surface area contributed by atoms with Crippen molar-refractivity contribution in [3.8, 4) is 0 Å². The van der Waals surface area contributed by atoms with Crippen LogP contribution in [0.25, 0.3) is 0 Å². The van der Waals surface area contributed by atoms with Crippen molar-refractivity contribution in [3.05, 3.63) is 12.2 Å². The van der Waals surface area contributed by atoms with Crippen LogP contribution in [0, 0.1) is 0 Å². The first-order valence-corrected chi connectivity index (χ1v) is 6.34. The SMILES string of the molecule is CC/C=C\CCOC(=O)CCC(=O)OC(C)C(F)(F)F. The predicted octanol–water partition coefficient (Wildman–Crippen LogP) is 3.16. The van der Waals surface area contributed by atoms with E-state index in [0.717, 1.165) is 13.3 Å². The van der Waals surface area contributed by atoms with Crippen LogP contribution in [0.4, 0.5) is 13.2 Å². The van der Waals surface area contributed by atoms with Gasteiger partial charge in [0, 0.05) is 0 Å². The Balaban J connectivity index is 3.79. The van der Waals surface area contributed by atoms with Gasteiger partial charge in [-0.2, -0.15) is 13.2 Å². The Morgan fingerprint density at radius 3 is 2.30 bits per heavy atom. The van der Waals surface area contributed by atoms with Crippen molar-refractivity contribution in [1.82, 2.24) is 0 Å². The fraction of sp³-hybridized carbons (Fsp3) is 0.692. The fourth-order valence-corrected chi connectivity index (χ4v) is 1.12. The summed E-state index contributed by atoms with van der Waals surface area (Å²) in [4.78, 5) is 22.3. The number of carbonyl (C=O) groups excluding carboxylic acids is 2. The highest BCUT2D eigenvalue weighted by atomic mass is 19.4. The van der Waals surface area contributed by atoms with Gasteiger partial charge < -0.3 is 9.47 Å². The van der Waals surface area contributed by atoms with E-state index in [1.165, 1.54) is 0 Å². The van der Waals surface area contributed by atoms with Crippen molar-refractivity contribution >= 4 is 11.9 Å². The molecule has 0 aliphatic carbocycles. The molecule has 0 radical (unpaired) electrons. The van der Waals surface area contributed by atoms with Gasteiger partial charge in [0.15, 0.2) is 6.10 Å². The Kier molecular flexibility index (Phi) is 8.67. The third-order valence-electron chi connectivity index (χ3n) is 2.25. The smallest absolute Gasteiger partial charge is 0.425 e. The number of hydrogen-bond acceptors (Lipinski definition) is 4. The molecule has 0 bridgehead atoms. The number of carbonyl (C=O) groups is 2. The van der Waals surface area contributed by atoms with E-state index in [1.807, 2.05) is 19.1 Å². The normalized spacial score (nSPS) is 13.2. The highest BCUT2D eigenvalue weighted by molar-refractivity contribution is 5.77. The molecule has 7 heteroatoms. The van der Waals surface area contributed by atoms with Gasteiger partial charge in [0.05, 0.1) is 19.4 Å². The summed E-state index contributed by atoms with van der Waals surface area (Å²) in [5.74, 6) is -1.70. The lowest BCUT2D eigenvalue weighted by molar-refractivity contribution is -0.216. The van der Waals surface area contributed by atoms with E-state index in [4.69, 9.17) is 4.74 Å². The maximum atomic E-state index is 12.1. The molecule has 116 valence electrons. The Morgan fingerprint density at radius 1 is 1.15 bits per heavy atom. The molecule has 0 saturated carbocycles. The molecule has 0 aliphatic heterocycles. The highest BCUT2D eigenvalue weighted by Gasteiger charge is 2.39. The Hall–Kier alpha value is -1.53. The standard InChI is InChI=1S/C13H19F3O4/c1-3-4-5-6-9-19-11(17)7-8-12(18)20-10(2)13(14,15)16/h4-5,10H,3,6-9H2,1-2H3/b5-4-. The maximum absolute atomic E-state index is 12.1. The van der Waals surface area contributed by atoms with Gasteiger partial charge in [-0.15, -0.1) is 0 Å². The Morgan fingerprint density at radius 2 is 1.75 bits per heavy atom. The van der Waals surface area contributed by atoms with Crippen LogP contribution in [0.15, 0.2) is 12.2 Å². The van der Waals surface area contributed by atoms with Crippen LogP contribution in [0.3, 0.4) is 0 Å². The number of esters is 2. The van der Waals surface area contributed by atoms with Gasteiger partial charge in [0.2, 0.25) is 0 Å². The molecule has 0 fully saturated rings. The average molecular weight is 296 g/mol. The van der Waals surface area contributed by atoms with E-state index in [-0.39, 0.29) is 13.0 Å². The fourth-order valence-electron chi connectivity index (χ4n) is 1.12. The zero-order valence-electron chi connectivity index (χ0n) is 11.5. The van der Waals surface area contributed by atoms with E-state index in [2.05, 4.69) is 4.74 Å². The molecule has 0 N–H and O–H groups in total. The predicted molar refractivity (Wildman–Crippen MR) is 65.9 cm³/mol. The summed E-state index contributed by atoms with van der Waals surface area (Å²) in [5.41, 5.74) is 0. The third kappa shape index (κ3) is 9.41. The minimum atomic E-state index is -4.60. The first kappa shape index (κ1) is 18.5. The summed E-state index contributed by atoms with van der Waals surface area (Å²) >= 11 is 0. The molecule has 0 aliphatic rings. The van der Waals surface area contributed by atoms with Crippen LogP contribution in [-0.4, -0.2) is 30.8 Å². The van der Waals surface area contributed by atoms with Gasteiger partial charge in [0.1, 0.15) is 0 Å². The molecule has 0 heterocycles. The Labute approximate surface area is 115 Å². The lowest BCUT2D eigenvalue weighted by Crippen LogP contribution is -2.31. The number of halogens is 3. The molecule has 20 heavy (non-hydrogen) atoms. The molecular formula is C13H19F3O4. The second-order valence-corrected chi connectivity index (χ2v) is 4.06. The van der Waals surface area contributed by atoms with Crippen molar-refractivity contribution in [2.45, 2.75) is 51.8 Å². The zero-order valence-corrected chi connectivity index (χ0v) is 11.5. The molecular weight excluding hydrogens is 277 g/mol. The summed E-state index contributed by atoms with van der Waals surface area (Å²) in [7, 11) is 0. The Bertz CT molecular complexity index is 337.